The van der Waals surface area contributed by atoms with E-state index in [9.17, 15) is 18.0 Å². The molecular weight excluding hydrogens is 456 g/mol. The number of carbonyl (C=O) groups excluding carboxylic acids is 2. The Hall–Kier alpha value is -3.18. The zero-order chi connectivity index (χ0) is 23.3. The van der Waals surface area contributed by atoms with Crippen LogP contribution in [0.4, 0.5) is 0 Å². The molecule has 11 heteroatoms. The van der Waals surface area contributed by atoms with Crippen molar-refractivity contribution in [1.82, 2.24) is 4.57 Å². The topological polar surface area (TPSA) is 113 Å². The molecule has 3 rings (SSSR count). The molecule has 2 aromatic carbocycles. The minimum Gasteiger partial charge on any atom is -0.497 e. The van der Waals surface area contributed by atoms with Crippen molar-refractivity contribution in [2.45, 2.75) is 18.4 Å². The minimum atomic E-state index is -3.42. The summed E-state index contributed by atoms with van der Waals surface area (Å²) in [5.74, 6) is -0.0342. The molecule has 0 bridgehead atoms. The Balaban J connectivity index is 1.95. The molecule has 9 nitrogen and oxygen atoms in total. The van der Waals surface area contributed by atoms with E-state index in [0.717, 1.165) is 17.6 Å². The fraction of sp³-hybridized carbons (Fsp3) is 0.286. The second kappa shape index (κ2) is 9.96. The molecule has 32 heavy (non-hydrogen) atoms. The smallest absolute Gasteiger partial charge is 0.326 e. The second-order valence-corrected chi connectivity index (χ2v) is 9.68. The quantitative estimate of drug-likeness (QED) is 0.456. The summed E-state index contributed by atoms with van der Waals surface area (Å²) in [7, 11) is -1.89. The van der Waals surface area contributed by atoms with Gasteiger partial charge in [0.05, 0.1) is 28.8 Å². The maximum atomic E-state index is 12.5. The minimum absolute atomic E-state index is 0.133. The van der Waals surface area contributed by atoms with Crippen molar-refractivity contribution in [2.75, 3.05) is 26.6 Å². The number of sulfone groups is 1. The summed E-state index contributed by atoms with van der Waals surface area (Å²) in [5.41, 5.74) is 0.565. The number of aromatic nitrogens is 1. The monoisotopic (exact) mass is 478 g/mol. The van der Waals surface area contributed by atoms with Gasteiger partial charge in [-0.2, -0.15) is 4.99 Å². The van der Waals surface area contributed by atoms with E-state index in [1.807, 2.05) is 0 Å². The van der Waals surface area contributed by atoms with E-state index in [2.05, 4.69) is 4.99 Å². The van der Waals surface area contributed by atoms with Gasteiger partial charge in [0.2, 0.25) is 0 Å². The van der Waals surface area contributed by atoms with Crippen molar-refractivity contribution in [3.8, 4) is 11.5 Å². The van der Waals surface area contributed by atoms with Crippen molar-refractivity contribution in [2.24, 2.45) is 4.99 Å². The first-order chi connectivity index (χ1) is 15.2. The Bertz CT molecular complexity index is 1320. The van der Waals surface area contributed by atoms with E-state index in [0.29, 0.717) is 21.7 Å². The third kappa shape index (κ3) is 5.74. The molecule has 0 aliphatic carbocycles. The van der Waals surface area contributed by atoms with E-state index in [-0.39, 0.29) is 29.5 Å². The van der Waals surface area contributed by atoms with Crippen LogP contribution < -0.4 is 14.3 Å². The first-order valence-electron chi connectivity index (χ1n) is 9.54. The zero-order valence-electron chi connectivity index (χ0n) is 17.7. The van der Waals surface area contributed by atoms with Gasteiger partial charge in [-0.3, -0.25) is 9.59 Å². The number of rotatable bonds is 8. The third-order valence-corrected chi connectivity index (χ3v) is 6.45. The number of esters is 1. The lowest BCUT2D eigenvalue weighted by Crippen LogP contribution is -2.24. The van der Waals surface area contributed by atoms with Crippen LogP contribution in [0.5, 0.6) is 11.5 Å². The number of nitrogens with zero attached hydrogens (tertiary/aromatic N) is 2. The number of hydrogen-bond acceptors (Lipinski definition) is 8. The molecule has 0 aliphatic rings. The Morgan fingerprint density at radius 2 is 1.88 bits per heavy atom. The van der Waals surface area contributed by atoms with E-state index in [1.165, 1.54) is 23.8 Å². The molecule has 170 valence electrons. The average Bonchev–Trinajstić information content (AvgIpc) is 3.08. The van der Waals surface area contributed by atoms with Gasteiger partial charge in [0.1, 0.15) is 18.0 Å². The highest BCUT2D eigenvalue weighted by molar-refractivity contribution is 7.90. The van der Waals surface area contributed by atoms with Gasteiger partial charge < -0.3 is 18.8 Å². The highest BCUT2D eigenvalue weighted by atomic mass is 32.2. The summed E-state index contributed by atoms with van der Waals surface area (Å²) in [6, 6.07) is 11.3. The normalized spacial score (nSPS) is 12.0. The van der Waals surface area contributed by atoms with Crippen molar-refractivity contribution >= 4 is 43.3 Å². The molecule has 0 fully saturated rings. The van der Waals surface area contributed by atoms with E-state index >= 15 is 0 Å². The average molecular weight is 479 g/mol. The lowest BCUT2D eigenvalue weighted by atomic mass is 10.3. The molecule has 0 aliphatic heterocycles. The standard InChI is InChI=1S/C21H22N2O7S2/c1-4-29-20(25)12-23-17-9-8-16(32(3,26)27)11-18(17)31-21(23)22-19(24)13-30-15-7-5-6-14(10-15)28-2/h5-11H,4,12-13H2,1-3H3. The van der Waals surface area contributed by atoms with Gasteiger partial charge in [0.15, 0.2) is 21.2 Å². The predicted molar refractivity (Wildman–Crippen MR) is 119 cm³/mol. The summed E-state index contributed by atoms with van der Waals surface area (Å²) >= 11 is 1.10. The summed E-state index contributed by atoms with van der Waals surface area (Å²) in [6.07, 6.45) is 1.11. The molecule has 0 atom stereocenters. The number of hydrogen-bond donors (Lipinski definition) is 0. The Labute approximate surface area is 188 Å². The Kier molecular flexibility index (Phi) is 7.31. The maximum absolute atomic E-state index is 12.5. The van der Waals surface area contributed by atoms with Crippen LogP contribution in [0.25, 0.3) is 10.2 Å². The maximum Gasteiger partial charge on any atom is 0.326 e. The van der Waals surface area contributed by atoms with Crippen LogP contribution in [0.3, 0.4) is 0 Å². The molecular formula is C21H22N2O7S2. The summed E-state index contributed by atoms with van der Waals surface area (Å²) in [4.78, 5) is 29.0. The lowest BCUT2D eigenvalue weighted by molar-refractivity contribution is -0.143. The van der Waals surface area contributed by atoms with Gasteiger partial charge in [-0.1, -0.05) is 17.4 Å². The first-order valence-corrected chi connectivity index (χ1v) is 12.3. The summed E-state index contributed by atoms with van der Waals surface area (Å²) < 4.78 is 41.5. The fourth-order valence-corrected chi connectivity index (χ4v) is 4.64. The number of methoxy groups -OCH3 is 1. The number of fused-ring (bicyclic) bond motifs is 1. The van der Waals surface area contributed by atoms with Gasteiger partial charge in [0, 0.05) is 12.3 Å². The number of benzene rings is 2. The zero-order valence-corrected chi connectivity index (χ0v) is 19.4. The van der Waals surface area contributed by atoms with Crippen molar-refractivity contribution in [3.63, 3.8) is 0 Å². The number of ether oxygens (including phenoxy) is 3. The van der Waals surface area contributed by atoms with Crippen LogP contribution in [0.15, 0.2) is 52.4 Å². The van der Waals surface area contributed by atoms with E-state index in [4.69, 9.17) is 14.2 Å². The highest BCUT2D eigenvalue weighted by Gasteiger charge is 2.15. The fourth-order valence-electron chi connectivity index (χ4n) is 2.83. The second-order valence-electron chi connectivity index (χ2n) is 6.65. The molecule has 0 radical (unpaired) electrons. The van der Waals surface area contributed by atoms with Gasteiger partial charge in [-0.15, -0.1) is 0 Å². The predicted octanol–water partition coefficient (Wildman–Crippen LogP) is 2.18. The van der Waals surface area contributed by atoms with Crippen LogP contribution in [0.1, 0.15) is 6.92 Å². The molecule has 1 amide bonds. The van der Waals surface area contributed by atoms with E-state index < -0.39 is 21.7 Å². The molecule has 3 aromatic rings. The van der Waals surface area contributed by atoms with Crippen molar-refractivity contribution < 1.29 is 32.2 Å². The summed E-state index contributed by atoms with van der Waals surface area (Å²) in [6.45, 7) is 1.40. The Morgan fingerprint density at radius 1 is 1.12 bits per heavy atom. The molecule has 0 saturated carbocycles. The first kappa shape index (κ1) is 23.5. The van der Waals surface area contributed by atoms with Gasteiger partial charge in [0.25, 0.3) is 5.91 Å². The van der Waals surface area contributed by atoms with Crippen LogP contribution >= 0.6 is 11.3 Å². The SMILES string of the molecule is CCOC(=O)Cn1c(=NC(=O)COc2cccc(OC)c2)sc2cc(S(C)(=O)=O)ccc21. The van der Waals surface area contributed by atoms with Crippen LogP contribution in [-0.2, 0) is 30.7 Å². The molecule has 0 saturated heterocycles. The lowest BCUT2D eigenvalue weighted by Gasteiger charge is -2.06. The molecule has 1 aromatic heterocycles. The van der Waals surface area contributed by atoms with Gasteiger partial charge >= 0.3 is 5.97 Å². The number of thiazole rings is 1. The van der Waals surface area contributed by atoms with Gasteiger partial charge in [-0.25, -0.2) is 8.42 Å². The molecule has 0 unspecified atom stereocenters. The van der Waals surface area contributed by atoms with Crippen LogP contribution in [0, 0.1) is 0 Å². The number of carbonyl (C=O) groups is 2. The van der Waals surface area contributed by atoms with Crippen molar-refractivity contribution in [1.29, 1.82) is 0 Å². The summed E-state index contributed by atoms with van der Waals surface area (Å²) in [5, 5.41) is 0. The van der Waals surface area contributed by atoms with Crippen LogP contribution in [-0.4, -0.2) is 51.4 Å². The van der Waals surface area contributed by atoms with Crippen molar-refractivity contribution in [3.05, 3.63) is 47.3 Å². The molecule has 1 heterocycles. The highest BCUT2D eigenvalue weighted by Crippen LogP contribution is 2.22. The van der Waals surface area contributed by atoms with E-state index in [1.54, 1.807) is 37.3 Å². The number of amides is 1. The molecule has 0 spiro atoms. The van der Waals surface area contributed by atoms with Gasteiger partial charge in [-0.05, 0) is 37.3 Å². The largest absolute Gasteiger partial charge is 0.497 e. The van der Waals surface area contributed by atoms with Crippen LogP contribution in [0.2, 0.25) is 0 Å². The Morgan fingerprint density at radius 3 is 2.56 bits per heavy atom. The molecule has 0 N–H and O–H groups in total. The third-order valence-electron chi connectivity index (χ3n) is 4.30.